The number of carbonyl (C=O) groups excluding carboxylic acids is 1. The Morgan fingerprint density at radius 3 is 2.90 bits per heavy atom. The predicted octanol–water partition coefficient (Wildman–Crippen LogP) is 0.777. The molecule has 1 aromatic rings. The maximum absolute atomic E-state index is 12.9. The largest absolute Gasteiger partial charge is 0.492 e. The monoisotopic (exact) mass is 296 g/mol. The van der Waals surface area contributed by atoms with Crippen molar-refractivity contribution in [2.24, 2.45) is 0 Å². The summed E-state index contributed by atoms with van der Waals surface area (Å²) >= 11 is 0. The molecule has 0 bridgehead atoms. The smallest absolute Gasteiger partial charge is 0.234 e. The van der Waals surface area contributed by atoms with Gasteiger partial charge in [0.15, 0.2) is 0 Å². The first-order valence-corrected chi connectivity index (χ1v) is 7.19. The number of rotatable bonds is 6. The zero-order chi connectivity index (χ0) is 15.1. The first-order valence-electron chi connectivity index (χ1n) is 7.19. The summed E-state index contributed by atoms with van der Waals surface area (Å²) in [7, 11) is 0. The first-order chi connectivity index (χ1) is 10.1. The van der Waals surface area contributed by atoms with Crippen molar-refractivity contribution in [1.82, 2.24) is 10.2 Å². The van der Waals surface area contributed by atoms with Crippen LogP contribution in [0.3, 0.4) is 0 Å². The summed E-state index contributed by atoms with van der Waals surface area (Å²) in [5, 5.41) is 12.2. The number of aliphatic hydroxyl groups excluding tert-OH is 1. The van der Waals surface area contributed by atoms with Crippen LogP contribution < -0.4 is 10.1 Å². The van der Waals surface area contributed by atoms with Crippen molar-refractivity contribution in [3.63, 3.8) is 0 Å². The Hall–Kier alpha value is -1.66. The number of benzene rings is 1. The van der Waals surface area contributed by atoms with Crippen molar-refractivity contribution in [3.05, 3.63) is 30.1 Å². The molecule has 0 saturated carbocycles. The molecule has 0 radical (unpaired) electrons. The second-order valence-corrected chi connectivity index (χ2v) is 5.16. The number of likely N-dealkylation sites (tertiary alicyclic amines) is 1. The molecule has 21 heavy (non-hydrogen) atoms. The van der Waals surface area contributed by atoms with Crippen molar-refractivity contribution in [1.29, 1.82) is 0 Å². The molecular formula is C15H21FN2O3. The van der Waals surface area contributed by atoms with Gasteiger partial charge in [0.05, 0.1) is 19.2 Å². The molecule has 1 aliphatic heterocycles. The molecule has 0 unspecified atom stereocenters. The van der Waals surface area contributed by atoms with Crippen LogP contribution in [0.15, 0.2) is 24.3 Å². The van der Waals surface area contributed by atoms with Gasteiger partial charge in [-0.05, 0) is 25.0 Å². The third kappa shape index (κ3) is 5.69. The number of ether oxygens (including phenoxy) is 1. The molecule has 1 heterocycles. The summed E-state index contributed by atoms with van der Waals surface area (Å²) in [5.41, 5.74) is 0. The Morgan fingerprint density at radius 1 is 1.43 bits per heavy atom. The standard InChI is InChI=1S/C15H21FN2O3/c16-12-2-1-3-14(10-12)21-9-6-17-15(20)11-18-7-4-13(19)5-8-18/h1-3,10,13,19H,4-9,11H2,(H,17,20). The van der Waals surface area contributed by atoms with Gasteiger partial charge in [0.2, 0.25) is 5.91 Å². The Balaban J connectivity index is 1.59. The average Bonchev–Trinajstić information content (AvgIpc) is 2.46. The lowest BCUT2D eigenvalue weighted by atomic mass is 10.1. The number of halogens is 1. The van der Waals surface area contributed by atoms with Crippen molar-refractivity contribution in [2.45, 2.75) is 18.9 Å². The molecule has 0 spiro atoms. The molecule has 6 heteroatoms. The van der Waals surface area contributed by atoms with Crippen LogP contribution in [-0.2, 0) is 4.79 Å². The van der Waals surface area contributed by atoms with Crippen LogP contribution in [0.5, 0.6) is 5.75 Å². The van der Waals surface area contributed by atoms with E-state index in [4.69, 9.17) is 4.74 Å². The lowest BCUT2D eigenvalue weighted by molar-refractivity contribution is -0.122. The van der Waals surface area contributed by atoms with Crippen LogP contribution in [0.25, 0.3) is 0 Å². The average molecular weight is 296 g/mol. The highest BCUT2D eigenvalue weighted by Crippen LogP contribution is 2.11. The zero-order valence-electron chi connectivity index (χ0n) is 11.9. The van der Waals surface area contributed by atoms with Crippen LogP contribution >= 0.6 is 0 Å². The number of hydrogen-bond donors (Lipinski definition) is 2. The molecule has 0 aromatic heterocycles. The van der Waals surface area contributed by atoms with E-state index >= 15 is 0 Å². The summed E-state index contributed by atoms with van der Waals surface area (Å²) < 4.78 is 18.3. The second-order valence-electron chi connectivity index (χ2n) is 5.16. The number of nitrogens with one attached hydrogen (secondary N) is 1. The maximum atomic E-state index is 12.9. The van der Waals surface area contributed by atoms with Gasteiger partial charge < -0.3 is 15.2 Å². The fourth-order valence-corrected chi connectivity index (χ4v) is 2.25. The van der Waals surface area contributed by atoms with Gasteiger partial charge in [-0.3, -0.25) is 9.69 Å². The van der Waals surface area contributed by atoms with E-state index in [0.29, 0.717) is 25.4 Å². The Bertz CT molecular complexity index is 462. The van der Waals surface area contributed by atoms with E-state index in [1.807, 2.05) is 4.90 Å². The van der Waals surface area contributed by atoms with E-state index in [1.165, 1.54) is 12.1 Å². The summed E-state index contributed by atoms with van der Waals surface area (Å²) in [6.45, 7) is 2.51. The van der Waals surface area contributed by atoms with Crippen LogP contribution in [-0.4, -0.2) is 54.8 Å². The number of aliphatic hydroxyl groups is 1. The van der Waals surface area contributed by atoms with Gasteiger partial charge in [-0.15, -0.1) is 0 Å². The molecule has 0 aliphatic carbocycles. The zero-order valence-corrected chi connectivity index (χ0v) is 11.9. The summed E-state index contributed by atoms with van der Waals surface area (Å²) in [6, 6.07) is 5.91. The van der Waals surface area contributed by atoms with Gasteiger partial charge >= 0.3 is 0 Å². The molecular weight excluding hydrogens is 275 g/mol. The SMILES string of the molecule is O=C(CN1CCC(O)CC1)NCCOc1cccc(F)c1. The van der Waals surface area contributed by atoms with Gasteiger partial charge in [-0.2, -0.15) is 0 Å². The highest BCUT2D eigenvalue weighted by molar-refractivity contribution is 5.78. The number of piperidine rings is 1. The van der Waals surface area contributed by atoms with E-state index in [9.17, 15) is 14.3 Å². The number of hydrogen-bond acceptors (Lipinski definition) is 4. The summed E-state index contributed by atoms with van der Waals surface area (Å²) in [6.07, 6.45) is 1.20. The number of carbonyl (C=O) groups is 1. The Kier molecular flexibility index (Phi) is 5.95. The van der Waals surface area contributed by atoms with Crippen molar-refractivity contribution >= 4 is 5.91 Å². The highest BCUT2D eigenvalue weighted by atomic mass is 19.1. The molecule has 116 valence electrons. The van der Waals surface area contributed by atoms with Crippen LogP contribution in [0.1, 0.15) is 12.8 Å². The molecule has 1 aromatic carbocycles. The minimum Gasteiger partial charge on any atom is -0.492 e. The predicted molar refractivity (Wildman–Crippen MR) is 76.6 cm³/mol. The highest BCUT2D eigenvalue weighted by Gasteiger charge is 2.18. The van der Waals surface area contributed by atoms with E-state index in [0.717, 1.165) is 25.9 Å². The maximum Gasteiger partial charge on any atom is 0.234 e. The molecule has 2 N–H and O–H groups in total. The van der Waals surface area contributed by atoms with E-state index in [2.05, 4.69) is 5.32 Å². The summed E-state index contributed by atoms with van der Waals surface area (Å²) in [5.74, 6) is 0.0484. The second kappa shape index (κ2) is 7.95. The van der Waals surface area contributed by atoms with Crippen molar-refractivity contribution in [2.75, 3.05) is 32.8 Å². The molecule has 1 fully saturated rings. The number of nitrogens with zero attached hydrogens (tertiary/aromatic N) is 1. The van der Waals surface area contributed by atoms with E-state index in [-0.39, 0.29) is 17.8 Å². The Labute approximate surface area is 123 Å². The fraction of sp³-hybridized carbons (Fsp3) is 0.533. The van der Waals surface area contributed by atoms with Gasteiger partial charge in [0, 0.05) is 19.2 Å². The van der Waals surface area contributed by atoms with Crippen LogP contribution in [0.2, 0.25) is 0 Å². The molecule has 0 atom stereocenters. The van der Waals surface area contributed by atoms with Crippen molar-refractivity contribution < 1.29 is 19.0 Å². The van der Waals surface area contributed by atoms with E-state index in [1.54, 1.807) is 12.1 Å². The fourth-order valence-electron chi connectivity index (χ4n) is 2.25. The quantitative estimate of drug-likeness (QED) is 0.762. The minimum atomic E-state index is -0.344. The molecule has 5 nitrogen and oxygen atoms in total. The van der Waals surface area contributed by atoms with Gasteiger partial charge in [0.25, 0.3) is 0 Å². The molecule has 1 saturated heterocycles. The molecule has 1 amide bonds. The molecule has 1 aliphatic rings. The minimum absolute atomic E-state index is 0.0609. The third-order valence-electron chi connectivity index (χ3n) is 3.41. The van der Waals surface area contributed by atoms with Crippen LogP contribution in [0.4, 0.5) is 4.39 Å². The van der Waals surface area contributed by atoms with E-state index < -0.39 is 0 Å². The topological polar surface area (TPSA) is 61.8 Å². The lowest BCUT2D eigenvalue weighted by Gasteiger charge is -2.28. The normalized spacial score (nSPS) is 16.7. The van der Waals surface area contributed by atoms with Crippen LogP contribution in [0, 0.1) is 5.82 Å². The van der Waals surface area contributed by atoms with Gasteiger partial charge in [-0.25, -0.2) is 4.39 Å². The van der Waals surface area contributed by atoms with Crippen molar-refractivity contribution in [3.8, 4) is 5.75 Å². The van der Waals surface area contributed by atoms with Gasteiger partial charge in [-0.1, -0.05) is 6.07 Å². The number of amides is 1. The third-order valence-corrected chi connectivity index (χ3v) is 3.41. The van der Waals surface area contributed by atoms with Gasteiger partial charge in [0.1, 0.15) is 18.2 Å². The lowest BCUT2D eigenvalue weighted by Crippen LogP contribution is -2.43. The molecule has 2 rings (SSSR count). The first kappa shape index (κ1) is 15.7. The Morgan fingerprint density at radius 2 is 2.19 bits per heavy atom. The summed E-state index contributed by atoms with van der Waals surface area (Å²) in [4.78, 5) is 13.8.